The molecule has 1 saturated carbocycles. The fraction of sp³-hybridized carbons (Fsp3) is 0.200. The number of hydrogen-bond donors (Lipinski definition) is 2. The number of phenolic OH excluding ortho intramolecular Hbond substituents is 1. The van der Waals surface area contributed by atoms with Gasteiger partial charge in [-0.3, -0.25) is 9.59 Å². The summed E-state index contributed by atoms with van der Waals surface area (Å²) in [6, 6.07) is 14.4. The lowest BCUT2D eigenvalue weighted by Crippen LogP contribution is -2.17. The van der Waals surface area contributed by atoms with Crippen LogP contribution in [0.2, 0.25) is 15.1 Å². The van der Waals surface area contributed by atoms with Crippen molar-refractivity contribution in [2.45, 2.75) is 23.6 Å². The molecule has 3 aromatic rings. The largest absolute Gasteiger partial charge is 0.508 e. The molecule has 3 aromatic carbocycles. The Bertz CT molecular complexity index is 1290. The highest BCUT2D eigenvalue weighted by atomic mass is 35.5. The normalized spacial score (nSPS) is 18.4. The summed E-state index contributed by atoms with van der Waals surface area (Å²) < 4.78 is -1.32. The maximum absolute atomic E-state index is 13.0. The molecule has 1 fully saturated rings. The number of nitrogens with one attached hydrogen (secondary N) is 1. The fourth-order valence-electron chi connectivity index (χ4n) is 4.01. The first kappa shape index (κ1) is 25.2. The number of alkyl halides is 2. The van der Waals surface area contributed by atoms with Gasteiger partial charge < -0.3 is 10.4 Å². The maximum Gasteiger partial charge on any atom is 0.231 e. The Kier molecular flexibility index (Phi) is 7.10. The van der Waals surface area contributed by atoms with Gasteiger partial charge in [0.1, 0.15) is 10.1 Å². The topological polar surface area (TPSA) is 66.4 Å². The van der Waals surface area contributed by atoms with Crippen LogP contribution in [-0.4, -0.2) is 21.1 Å². The molecule has 4 nitrogen and oxygen atoms in total. The predicted molar refractivity (Wildman–Crippen MR) is 138 cm³/mol. The number of rotatable bonds is 6. The first-order valence-corrected chi connectivity index (χ1v) is 12.1. The van der Waals surface area contributed by atoms with Crippen LogP contribution >= 0.6 is 58.0 Å². The van der Waals surface area contributed by atoms with Crippen molar-refractivity contribution in [3.63, 3.8) is 0 Å². The van der Waals surface area contributed by atoms with Crippen LogP contribution in [0.1, 0.15) is 33.0 Å². The molecule has 1 aliphatic carbocycles. The lowest BCUT2D eigenvalue weighted by atomic mass is 9.99. The molecule has 0 aliphatic heterocycles. The second kappa shape index (κ2) is 9.60. The van der Waals surface area contributed by atoms with Crippen molar-refractivity contribution < 1.29 is 14.7 Å². The van der Waals surface area contributed by atoms with Gasteiger partial charge in [-0.15, -0.1) is 23.2 Å². The molecular weight excluding hydrogens is 540 g/mol. The molecule has 1 aliphatic rings. The van der Waals surface area contributed by atoms with Crippen LogP contribution in [0, 0.1) is 12.8 Å². The number of hydrogen-bond acceptors (Lipinski definition) is 3. The molecule has 2 N–H and O–H groups in total. The van der Waals surface area contributed by atoms with Gasteiger partial charge in [0.2, 0.25) is 5.91 Å². The molecule has 0 spiro atoms. The minimum absolute atomic E-state index is 0.0932. The van der Waals surface area contributed by atoms with Gasteiger partial charge in [0.25, 0.3) is 0 Å². The summed E-state index contributed by atoms with van der Waals surface area (Å²) in [6.45, 7) is 1.81. The quantitative estimate of drug-likeness (QED) is 0.242. The van der Waals surface area contributed by atoms with E-state index < -0.39 is 22.1 Å². The Morgan fingerprint density at radius 2 is 1.65 bits per heavy atom. The SMILES string of the molecule is Cc1cc(O)ccc1CC(=O)c1cc(NC(=O)C2C(c3cc(Cl)cc(Cl)c3)C2(Cl)Cl)ccc1Cl. The second-order valence-electron chi connectivity index (χ2n) is 8.23. The third kappa shape index (κ3) is 5.17. The van der Waals surface area contributed by atoms with Crippen molar-refractivity contribution in [2.75, 3.05) is 5.32 Å². The van der Waals surface area contributed by atoms with Gasteiger partial charge in [-0.05, 0) is 72.1 Å². The van der Waals surface area contributed by atoms with E-state index in [2.05, 4.69) is 5.32 Å². The molecule has 2 atom stereocenters. The molecule has 34 heavy (non-hydrogen) atoms. The fourth-order valence-corrected chi connectivity index (χ4v) is 5.60. The van der Waals surface area contributed by atoms with Crippen molar-refractivity contribution in [1.29, 1.82) is 0 Å². The van der Waals surface area contributed by atoms with E-state index in [-0.39, 0.29) is 28.5 Å². The van der Waals surface area contributed by atoms with Crippen LogP contribution in [0.5, 0.6) is 5.75 Å². The Labute approximate surface area is 221 Å². The lowest BCUT2D eigenvalue weighted by Gasteiger charge is -2.10. The molecule has 0 bridgehead atoms. The predicted octanol–water partition coefficient (Wildman–Crippen LogP) is 7.61. The first-order chi connectivity index (χ1) is 16.0. The Morgan fingerprint density at radius 1 is 0.971 bits per heavy atom. The van der Waals surface area contributed by atoms with E-state index >= 15 is 0 Å². The summed E-state index contributed by atoms with van der Waals surface area (Å²) in [5, 5.41) is 13.5. The number of carbonyl (C=O) groups is 2. The second-order valence-corrected chi connectivity index (χ2v) is 11.0. The zero-order valence-corrected chi connectivity index (χ0v) is 21.5. The van der Waals surface area contributed by atoms with Gasteiger partial charge in [-0.25, -0.2) is 0 Å². The first-order valence-electron chi connectivity index (χ1n) is 10.2. The van der Waals surface area contributed by atoms with Crippen LogP contribution in [0.25, 0.3) is 0 Å². The van der Waals surface area contributed by atoms with Gasteiger partial charge >= 0.3 is 0 Å². The number of anilines is 1. The number of ketones is 1. The number of benzene rings is 3. The highest BCUT2D eigenvalue weighted by Gasteiger charge is 2.67. The van der Waals surface area contributed by atoms with Crippen LogP contribution in [0.3, 0.4) is 0 Å². The minimum Gasteiger partial charge on any atom is -0.508 e. The highest BCUT2D eigenvalue weighted by molar-refractivity contribution is 6.53. The van der Waals surface area contributed by atoms with E-state index in [0.29, 0.717) is 21.3 Å². The third-order valence-electron chi connectivity index (χ3n) is 5.79. The van der Waals surface area contributed by atoms with Crippen molar-refractivity contribution in [1.82, 2.24) is 0 Å². The molecule has 0 saturated heterocycles. The number of Topliss-reactive ketones (excluding diaryl/α,β-unsaturated/α-hetero) is 1. The Morgan fingerprint density at radius 3 is 2.29 bits per heavy atom. The summed E-state index contributed by atoms with van der Waals surface area (Å²) >= 11 is 31.3. The van der Waals surface area contributed by atoms with Crippen LogP contribution in [0.4, 0.5) is 5.69 Å². The molecule has 0 radical (unpaired) electrons. The molecular formula is C25H18Cl5NO3. The molecule has 0 aromatic heterocycles. The van der Waals surface area contributed by atoms with Gasteiger partial charge in [-0.1, -0.05) is 40.9 Å². The summed E-state index contributed by atoms with van der Waals surface area (Å²) in [5.74, 6) is -1.72. The molecule has 4 rings (SSSR count). The number of amides is 1. The summed E-state index contributed by atoms with van der Waals surface area (Å²) in [5.41, 5.74) is 2.88. The standard InChI is InChI=1S/C25H18Cl5NO3/c1-12-6-18(32)4-2-13(12)9-21(33)19-11-17(3-5-20(19)28)31-24(34)23-22(25(23,29)30)14-7-15(26)10-16(27)8-14/h2-8,10-11,22-23,32H,9H2,1H3,(H,31,34). The Balaban J connectivity index is 1.52. The molecule has 1 amide bonds. The van der Waals surface area contributed by atoms with E-state index in [1.54, 1.807) is 42.5 Å². The third-order valence-corrected chi connectivity index (χ3v) is 7.50. The van der Waals surface area contributed by atoms with E-state index in [0.717, 1.165) is 11.1 Å². The Hall–Kier alpha value is -1.95. The average Bonchev–Trinajstić information content (AvgIpc) is 3.33. The summed E-state index contributed by atoms with van der Waals surface area (Å²) in [7, 11) is 0. The summed E-state index contributed by atoms with van der Waals surface area (Å²) in [4.78, 5) is 25.9. The van der Waals surface area contributed by atoms with E-state index in [1.807, 2.05) is 6.92 Å². The zero-order chi connectivity index (χ0) is 24.8. The zero-order valence-electron chi connectivity index (χ0n) is 17.7. The number of aryl methyl sites for hydroxylation is 1. The van der Waals surface area contributed by atoms with Crippen molar-refractivity contribution in [3.05, 3.63) is 91.9 Å². The van der Waals surface area contributed by atoms with Gasteiger partial charge in [0.05, 0.1) is 10.9 Å². The van der Waals surface area contributed by atoms with Crippen LogP contribution < -0.4 is 5.32 Å². The maximum atomic E-state index is 13.0. The van der Waals surface area contributed by atoms with E-state index in [9.17, 15) is 14.7 Å². The van der Waals surface area contributed by atoms with Crippen molar-refractivity contribution >= 4 is 75.4 Å². The molecule has 0 heterocycles. The smallest absolute Gasteiger partial charge is 0.231 e. The number of carbonyl (C=O) groups excluding carboxylic acids is 2. The molecule has 176 valence electrons. The van der Waals surface area contributed by atoms with E-state index in [4.69, 9.17) is 58.0 Å². The van der Waals surface area contributed by atoms with Crippen LogP contribution in [0.15, 0.2) is 54.6 Å². The average molecular weight is 558 g/mol. The monoisotopic (exact) mass is 555 g/mol. The van der Waals surface area contributed by atoms with Crippen molar-refractivity contribution in [2.24, 2.45) is 5.92 Å². The molecule has 2 unspecified atom stereocenters. The summed E-state index contributed by atoms with van der Waals surface area (Å²) in [6.07, 6.45) is 0.0932. The van der Waals surface area contributed by atoms with Crippen molar-refractivity contribution in [3.8, 4) is 5.75 Å². The van der Waals surface area contributed by atoms with Gasteiger partial charge in [0, 0.05) is 33.6 Å². The van der Waals surface area contributed by atoms with E-state index in [1.165, 1.54) is 12.1 Å². The van der Waals surface area contributed by atoms with Gasteiger partial charge in [-0.2, -0.15) is 0 Å². The number of aromatic hydroxyl groups is 1. The van der Waals surface area contributed by atoms with Gasteiger partial charge in [0.15, 0.2) is 5.78 Å². The van der Waals surface area contributed by atoms with Crippen LogP contribution in [-0.2, 0) is 11.2 Å². The lowest BCUT2D eigenvalue weighted by molar-refractivity contribution is -0.117. The number of halogens is 5. The highest BCUT2D eigenvalue weighted by Crippen LogP contribution is 2.65. The minimum atomic E-state index is -1.32. The number of phenols is 1. The molecule has 9 heteroatoms.